The van der Waals surface area contributed by atoms with Crippen molar-refractivity contribution in [1.82, 2.24) is 14.8 Å². The van der Waals surface area contributed by atoms with E-state index in [2.05, 4.69) is 10.2 Å². The zero-order valence-electron chi connectivity index (χ0n) is 7.05. The van der Waals surface area contributed by atoms with Crippen LogP contribution >= 0.6 is 0 Å². The number of hydrogen-bond acceptors (Lipinski definition) is 2. The predicted molar refractivity (Wildman–Crippen MR) is 38.1 cm³/mol. The van der Waals surface area contributed by atoms with E-state index in [1.165, 1.54) is 0 Å². The van der Waals surface area contributed by atoms with Crippen LogP contribution in [0.1, 0.15) is 18.7 Å². The molecule has 1 aliphatic heterocycles. The summed E-state index contributed by atoms with van der Waals surface area (Å²) in [6.07, 6.45) is 0.210. The minimum absolute atomic E-state index is 0.00632. The van der Waals surface area contributed by atoms with Crippen LogP contribution in [0.4, 0.5) is 17.6 Å². The molecule has 7 heteroatoms. The van der Waals surface area contributed by atoms with Crippen molar-refractivity contribution in [3.05, 3.63) is 12.2 Å². The molecule has 0 aromatic carbocycles. The lowest BCUT2D eigenvalue weighted by Gasteiger charge is -2.22. The highest BCUT2D eigenvalue weighted by atomic mass is 19.3. The van der Waals surface area contributed by atoms with Crippen molar-refractivity contribution in [1.29, 1.82) is 0 Å². The predicted octanol–water partition coefficient (Wildman–Crippen LogP) is 1.80. The largest absolute Gasteiger partial charge is 0.368 e. The fourth-order valence-corrected chi connectivity index (χ4v) is 1.45. The molecule has 0 spiro atoms. The molecule has 78 valence electrons. The van der Waals surface area contributed by atoms with Gasteiger partial charge in [0.25, 0.3) is 0 Å². The average molecular weight is 209 g/mol. The standard InChI is InChI=1S/C7H7F4N3/c8-6(9)2-1-3-14-4-12-13-5(14)7(6,10)11/h4H,1-3H2. The lowest BCUT2D eigenvalue weighted by atomic mass is 10.1. The molecule has 0 fully saturated rings. The first kappa shape index (κ1) is 9.42. The van der Waals surface area contributed by atoms with Crippen LogP contribution < -0.4 is 0 Å². The van der Waals surface area contributed by atoms with Gasteiger partial charge in [-0.2, -0.15) is 17.6 Å². The number of aromatic nitrogens is 3. The second kappa shape index (κ2) is 2.68. The van der Waals surface area contributed by atoms with E-state index in [1.54, 1.807) is 0 Å². The Bertz CT molecular complexity index is 346. The van der Waals surface area contributed by atoms with E-state index in [-0.39, 0.29) is 13.0 Å². The normalized spacial score (nSPS) is 24.0. The van der Waals surface area contributed by atoms with Crippen molar-refractivity contribution < 1.29 is 17.6 Å². The number of fused-ring (bicyclic) bond motifs is 1. The van der Waals surface area contributed by atoms with Gasteiger partial charge in [0.2, 0.25) is 5.82 Å². The van der Waals surface area contributed by atoms with Crippen molar-refractivity contribution in [2.24, 2.45) is 0 Å². The molecule has 0 atom stereocenters. The van der Waals surface area contributed by atoms with E-state index >= 15 is 0 Å². The molecule has 0 saturated carbocycles. The maximum absolute atomic E-state index is 13.2. The Morgan fingerprint density at radius 3 is 2.71 bits per heavy atom. The third-order valence-corrected chi connectivity index (χ3v) is 2.25. The summed E-state index contributed by atoms with van der Waals surface area (Å²) in [5, 5.41) is 6.25. The van der Waals surface area contributed by atoms with E-state index in [1.807, 2.05) is 0 Å². The van der Waals surface area contributed by atoms with Crippen molar-refractivity contribution in [3.63, 3.8) is 0 Å². The van der Waals surface area contributed by atoms with Crippen LogP contribution in [-0.2, 0) is 12.5 Å². The lowest BCUT2D eigenvalue weighted by molar-refractivity contribution is -0.221. The summed E-state index contributed by atoms with van der Waals surface area (Å²) in [5.41, 5.74) is 0. The summed E-state index contributed by atoms with van der Waals surface area (Å²) in [7, 11) is 0. The van der Waals surface area contributed by atoms with Crippen LogP contribution in [-0.4, -0.2) is 20.7 Å². The molecule has 1 aliphatic rings. The molecule has 14 heavy (non-hydrogen) atoms. The highest BCUT2D eigenvalue weighted by molar-refractivity contribution is 5.05. The van der Waals surface area contributed by atoms with Crippen LogP contribution in [0.25, 0.3) is 0 Å². The van der Waals surface area contributed by atoms with Gasteiger partial charge < -0.3 is 4.57 Å². The number of nitrogens with zero attached hydrogens (tertiary/aromatic N) is 3. The summed E-state index contributed by atoms with van der Waals surface area (Å²) in [5.74, 6) is -9.20. The zero-order valence-corrected chi connectivity index (χ0v) is 7.05. The monoisotopic (exact) mass is 209 g/mol. The molecule has 1 aromatic heterocycles. The third-order valence-electron chi connectivity index (χ3n) is 2.25. The van der Waals surface area contributed by atoms with Crippen molar-refractivity contribution in [2.75, 3.05) is 0 Å². The van der Waals surface area contributed by atoms with Crippen LogP contribution in [0, 0.1) is 0 Å². The molecule has 0 bridgehead atoms. The summed E-state index contributed by atoms with van der Waals surface area (Å²) in [6, 6.07) is 0. The van der Waals surface area contributed by atoms with E-state index in [0.29, 0.717) is 0 Å². The van der Waals surface area contributed by atoms with Crippen LogP contribution in [0.5, 0.6) is 0 Å². The van der Waals surface area contributed by atoms with Crippen LogP contribution in [0.15, 0.2) is 6.33 Å². The Labute approximate surface area is 76.7 Å². The number of aryl methyl sites for hydroxylation is 1. The number of alkyl halides is 4. The molecule has 0 N–H and O–H groups in total. The SMILES string of the molecule is FC1(F)CCCn2cnnc2C1(F)F. The average Bonchev–Trinajstić information content (AvgIpc) is 2.48. The van der Waals surface area contributed by atoms with Gasteiger partial charge in [-0.15, -0.1) is 10.2 Å². The van der Waals surface area contributed by atoms with Gasteiger partial charge in [-0.1, -0.05) is 0 Å². The van der Waals surface area contributed by atoms with E-state index in [9.17, 15) is 17.6 Å². The second-order valence-corrected chi connectivity index (χ2v) is 3.23. The Morgan fingerprint density at radius 1 is 1.29 bits per heavy atom. The van der Waals surface area contributed by atoms with Gasteiger partial charge in [-0.25, -0.2) is 0 Å². The Hall–Kier alpha value is -1.14. The van der Waals surface area contributed by atoms with Crippen LogP contribution in [0.2, 0.25) is 0 Å². The summed E-state index contributed by atoms with van der Waals surface area (Å²) in [6.45, 7) is 0.105. The molecule has 0 unspecified atom stereocenters. The Kier molecular flexibility index (Phi) is 1.80. The van der Waals surface area contributed by atoms with Gasteiger partial charge in [0.1, 0.15) is 6.33 Å². The molecule has 0 amide bonds. The summed E-state index contributed by atoms with van der Waals surface area (Å²) >= 11 is 0. The lowest BCUT2D eigenvalue weighted by Crippen LogP contribution is -2.38. The van der Waals surface area contributed by atoms with Gasteiger partial charge in [0, 0.05) is 13.0 Å². The van der Waals surface area contributed by atoms with Crippen molar-refractivity contribution in [2.45, 2.75) is 31.2 Å². The molecule has 2 heterocycles. The van der Waals surface area contributed by atoms with E-state index in [4.69, 9.17) is 0 Å². The first-order valence-electron chi connectivity index (χ1n) is 4.09. The number of hydrogen-bond donors (Lipinski definition) is 0. The Morgan fingerprint density at radius 2 is 2.00 bits per heavy atom. The topological polar surface area (TPSA) is 30.7 Å². The molecular formula is C7H7F4N3. The molecule has 3 nitrogen and oxygen atoms in total. The van der Waals surface area contributed by atoms with Crippen LogP contribution in [0.3, 0.4) is 0 Å². The Balaban J connectivity index is 2.53. The van der Waals surface area contributed by atoms with Gasteiger partial charge >= 0.3 is 11.8 Å². The summed E-state index contributed by atoms with van der Waals surface area (Å²) in [4.78, 5) is 0. The number of halogens is 4. The third kappa shape index (κ3) is 1.11. The second-order valence-electron chi connectivity index (χ2n) is 3.23. The number of rotatable bonds is 0. The smallest absolute Gasteiger partial charge is 0.312 e. The van der Waals surface area contributed by atoms with Gasteiger partial charge in [-0.05, 0) is 6.42 Å². The quantitative estimate of drug-likeness (QED) is 0.610. The molecular weight excluding hydrogens is 202 g/mol. The molecule has 0 aliphatic carbocycles. The maximum atomic E-state index is 13.2. The van der Waals surface area contributed by atoms with Crippen molar-refractivity contribution in [3.8, 4) is 0 Å². The fraction of sp³-hybridized carbons (Fsp3) is 0.714. The molecule has 1 aromatic rings. The van der Waals surface area contributed by atoms with Crippen molar-refractivity contribution >= 4 is 0 Å². The zero-order chi connectivity index (χ0) is 10.4. The highest BCUT2D eigenvalue weighted by Crippen LogP contribution is 2.46. The maximum Gasteiger partial charge on any atom is 0.368 e. The summed E-state index contributed by atoms with van der Waals surface area (Å²) < 4.78 is 53.3. The molecule has 0 saturated heterocycles. The first-order chi connectivity index (χ1) is 6.45. The fourth-order valence-electron chi connectivity index (χ4n) is 1.45. The molecule has 0 radical (unpaired) electrons. The molecule has 2 rings (SSSR count). The van der Waals surface area contributed by atoms with Gasteiger partial charge in [0.15, 0.2) is 0 Å². The minimum Gasteiger partial charge on any atom is -0.312 e. The van der Waals surface area contributed by atoms with Gasteiger partial charge in [-0.3, -0.25) is 0 Å². The van der Waals surface area contributed by atoms with E-state index < -0.39 is 24.1 Å². The van der Waals surface area contributed by atoms with Gasteiger partial charge in [0.05, 0.1) is 0 Å². The van der Waals surface area contributed by atoms with E-state index in [0.717, 1.165) is 10.9 Å². The minimum atomic E-state index is -4.22. The highest BCUT2D eigenvalue weighted by Gasteiger charge is 2.60. The first-order valence-corrected chi connectivity index (χ1v) is 4.09.